The number of thioether (sulfide) groups is 1. The van der Waals surface area contributed by atoms with Gasteiger partial charge in [0.05, 0.1) is 12.2 Å². The van der Waals surface area contributed by atoms with E-state index in [1.54, 1.807) is 31.2 Å². The number of hydrogen-bond donors (Lipinski definition) is 0. The van der Waals surface area contributed by atoms with Gasteiger partial charge in [0.2, 0.25) is 0 Å². The monoisotopic (exact) mass is 369 g/mol. The molecular weight excluding hydrogens is 346 g/mol. The van der Waals surface area contributed by atoms with Crippen LogP contribution in [0.1, 0.15) is 38.8 Å². The normalized spacial score (nSPS) is 14.8. The molecule has 1 heterocycles. The van der Waals surface area contributed by atoms with Crippen molar-refractivity contribution in [3.05, 3.63) is 70.8 Å². The second-order valence-corrected chi connectivity index (χ2v) is 7.40. The summed E-state index contributed by atoms with van der Waals surface area (Å²) >= 11 is 1.98. The first-order chi connectivity index (χ1) is 12.7. The first kappa shape index (κ1) is 18.7. The highest BCUT2D eigenvalue weighted by molar-refractivity contribution is 7.99. The third-order valence-electron chi connectivity index (χ3n) is 4.42. The topological polar surface area (TPSA) is 46.6 Å². The average molecular weight is 369 g/mol. The lowest BCUT2D eigenvalue weighted by molar-refractivity contribution is 0.0526. The van der Waals surface area contributed by atoms with Gasteiger partial charge in [-0.25, -0.2) is 4.79 Å². The Hall–Kier alpha value is -2.11. The van der Waals surface area contributed by atoms with Crippen molar-refractivity contribution in [3.8, 4) is 0 Å². The molecule has 1 saturated heterocycles. The van der Waals surface area contributed by atoms with E-state index in [1.165, 1.54) is 0 Å². The lowest BCUT2D eigenvalue weighted by atomic mass is 9.97. The molecule has 0 atom stereocenters. The zero-order valence-corrected chi connectivity index (χ0v) is 15.8. The fourth-order valence-corrected chi connectivity index (χ4v) is 3.99. The Labute approximate surface area is 158 Å². The molecule has 5 heteroatoms. The Bertz CT molecular complexity index is 767. The van der Waals surface area contributed by atoms with Crippen LogP contribution in [0.25, 0.3) is 0 Å². The maximum Gasteiger partial charge on any atom is 0.338 e. The van der Waals surface area contributed by atoms with Crippen molar-refractivity contribution in [3.63, 3.8) is 0 Å². The Kier molecular flexibility index (Phi) is 6.47. The molecule has 0 unspecified atom stereocenters. The molecule has 0 spiro atoms. The summed E-state index contributed by atoms with van der Waals surface area (Å²) in [6, 6.07) is 14.5. The molecule has 0 amide bonds. The summed E-state index contributed by atoms with van der Waals surface area (Å²) in [6.07, 6.45) is 0. The summed E-state index contributed by atoms with van der Waals surface area (Å²) in [5, 5.41) is 0. The van der Waals surface area contributed by atoms with E-state index in [0.29, 0.717) is 17.7 Å². The fourth-order valence-electron chi connectivity index (χ4n) is 3.01. The molecule has 2 aromatic rings. The van der Waals surface area contributed by atoms with E-state index in [0.717, 1.165) is 42.3 Å². The van der Waals surface area contributed by atoms with E-state index in [-0.39, 0.29) is 11.8 Å². The summed E-state index contributed by atoms with van der Waals surface area (Å²) in [7, 11) is 0. The first-order valence-corrected chi connectivity index (χ1v) is 10.0. The largest absolute Gasteiger partial charge is 0.462 e. The molecule has 0 N–H and O–H groups in total. The molecular formula is C21H23NO3S. The van der Waals surface area contributed by atoms with Crippen molar-refractivity contribution >= 4 is 23.5 Å². The minimum atomic E-state index is -0.366. The molecule has 0 aromatic heterocycles. The van der Waals surface area contributed by atoms with E-state index in [4.69, 9.17) is 4.74 Å². The second kappa shape index (κ2) is 9.01. The SMILES string of the molecule is CCOC(=O)c1ccc(C(=O)c2ccccc2CN2CCSCC2)cc1. The molecule has 0 bridgehead atoms. The predicted molar refractivity (Wildman–Crippen MR) is 105 cm³/mol. The van der Waals surface area contributed by atoms with Gasteiger partial charge in [0.25, 0.3) is 0 Å². The van der Waals surface area contributed by atoms with Gasteiger partial charge in [0.1, 0.15) is 0 Å². The van der Waals surface area contributed by atoms with Crippen LogP contribution in [0.2, 0.25) is 0 Å². The quantitative estimate of drug-likeness (QED) is 0.575. The van der Waals surface area contributed by atoms with E-state index in [9.17, 15) is 9.59 Å². The third kappa shape index (κ3) is 4.54. The standard InChI is InChI=1S/C21H23NO3S/c1-2-25-21(24)17-9-7-16(8-10-17)20(23)19-6-4-3-5-18(19)15-22-11-13-26-14-12-22/h3-10H,2,11-15H2,1H3. The highest BCUT2D eigenvalue weighted by Crippen LogP contribution is 2.19. The number of esters is 1. The van der Waals surface area contributed by atoms with Gasteiger partial charge in [-0.3, -0.25) is 9.69 Å². The maximum absolute atomic E-state index is 13.0. The summed E-state index contributed by atoms with van der Waals surface area (Å²) in [4.78, 5) is 27.1. The molecule has 1 aliphatic rings. The van der Waals surface area contributed by atoms with Gasteiger partial charge >= 0.3 is 5.97 Å². The molecule has 26 heavy (non-hydrogen) atoms. The Balaban J connectivity index is 1.78. The molecule has 0 radical (unpaired) electrons. The number of carbonyl (C=O) groups excluding carboxylic acids is 2. The van der Waals surface area contributed by atoms with Crippen molar-refractivity contribution in [2.45, 2.75) is 13.5 Å². The number of nitrogens with zero attached hydrogens (tertiary/aromatic N) is 1. The van der Waals surface area contributed by atoms with Crippen LogP contribution in [-0.4, -0.2) is 47.9 Å². The highest BCUT2D eigenvalue weighted by Gasteiger charge is 2.17. The van der Waals surface area contributed by atoms with Crippen LogP contribution in [0.3, 0.4) is 0 Å². The van der Waals surface area contributed by atoms with Crippen molar-refractivity contribution in [2.24, 2.45) is 0 Å². The van der Waals surface area contributed by atoms with Crippen LogP contribution in [0, 0.1) is 0 Å². The zero-order chi connectivity index (χ0) is 18.4. The summed E-state index contributed by atoms with van der Waals surface area (Å²) < 4.78 is 4.99. The summed E-state index contributed by atoms with van der Waals surface area (Å²) in [5.74, 6) is 1.91. The molecule has 4 nitrogen and oxygen atoms in total. The van der Waals surface area contributed by atoms with E-state index < -0.39 is 0 Å². The van der Waals surface area contributed by atoms with Gasteiger partial charge in [-0.15, -0.1) is 0 Å². The maximum atomic E-state index is 13.0. The first-order valence-electron chi connectivity index (χ1n) is 8.89. The summed E-state index contributed by atoms with van der Waals surface area (Å²) in [6.45, 7) is 5.02. The van der Waals surface area contributed by atoms with Crippen molar-refractivity contribution in [2.75, 3.05) is 31.2 Å². The van der Waals surface area contributed by atoms with Gasteiger partial charge in [0, 0.05) is 42.3 Å². The van der Waals surface area contributed by atoms with Crippen molar-refractivity contribution in [1.82, 2.24) is 4.90 Å². The second-order valence-electron chi connectivity index (χ2n) is 6.17. The number of carbonyl (C=O) groups is 2. The van der Waals surface area contributed by atoms with Crippen LogP contribution in [-0.2, 0) is 11.3 Å². The number of ether oxygens (including phenoxy) is 1. The van der Waals surface area contributed by atoms with Crippen LogP contribution in [0.5, 0.6) is 0 Å². The zero-order valence-electron chi connectivity index (χ0n) is 14.9. The van der Waals surface area contributed by atoms with Gasteiger partial charge in [-0.2, -0.15) is 11.8 Å². The Morgan fingerprint density at radius 2 is 1.65 bits per heavy atom. The lowest BCUT2D eigenvalue weighted by Crippen LogP contribution is -2.32. The molecule has 0 aliphatic carbocycles. The van der Waals surface area contributed by atoms with Crippen LogP contribution >= 0.6 is 11.8 Å². The Morgan fingerprint density at radius 3 is 2.35 bits per heavy atom. The van der Waals surface area contributed by atoms with Crippen LogP contribution < -0.4 is 0 Å². The fraction of sp³-hybridized carbons (Fsp3) is 0.333. The number of benzene rings is 2. The highest BCUT2D eigenvalue weighted by atomic mass is 32.2. The third-order valence-corrected chi connectivity index (χ3v) is 5.36. The average Bonchev–Trinajstić information content (AvgIpc) is 2.69. The molecule has 136 valence electrons. The number of ketones is 1. The summed E-state index contributed by atoms with van der Waals surface area (Å²) in [5.41, 5.74) is 2.83. The van der Waals surface area contributed by atoms with Gasteiger partial charge < -0.3 is 4.74 Å². The Morgan fingerprint density at radius 1 is 1.00 bits per heavy atom. The smallest absolute Gasteiger partial charge is 0.338 e. The van der Waals surface area contributed by atoms with Crippen molar-refractivity contribution < 1.29 is 14.3 Å². The van der Waals surface area contributed by atoms with Crippen molar-refractivity contribution in [1.29, 1.82) is 0 Å². The molecule has 3 rings (SSSR count). The number of hydrogen-bond acceptors (Lipinski definition) is 5. The van der Waals surface area contributed by atoms with E-state index >= 15 is 0 Å². The van der Waals surface area contributed by atoms with E-state index in [2.05, 4.69) is 4.90 Å². The molecule has 2 aromatic carbocycles. The molecule has 1 aliphatic heterocycles. The van der Waals surface area contributed by atoms with Gasteiger partial charge in [0.15, 0.2) is 5.78 Å². The molecule has 1 fully saturated rings. The minimum Gasteiger partial charge on any atom is -0.462 e. The lowest BCUT2D eigenvalue weighted by Gasteiger charge is -2.26. The van der Waals surface area contributed by atoms with E-state index in [1.807, 2.05) is 36.0 Å². The minimum absolute atomic E-state index is 0.0117. The van der Waals surface area contributed by atoms with Gasteiger partial charge in [-0.05, 0) is 24.6 Å². The van der Waals surface area contributed by atoms with Gasteiger partial charge in [-0.1, -0.05) is 36.4 Å². The van der Waals surface area contributed by atoms with Crippen LogP contribution in [0.4, 0.5) is 0 Å². The van der Waals surface area contributed by atoms with Crippen LogP contribution in [0.15, 0.2) is 48.5 Å². The predicted octanol–water partition coefficient (Wildman–Crippen LogP) is 3.64. The molecule has 0 saturated carbocycles. The number of rotatable bonds is 6.